The third kappa shape index (κ3) is 5.81. The number of hydrogen-bond donors (Lipinski definition) is 2. The van der Waals surface area contributed by atoms with Gasteiger partial charge in [0.2, 0.25) is 17.5 Å². The van der Waals surface area contributed by atoms with Crippen molar-refractivity contribution in [2.45, 2.75) is 6.54 Å². The summed E-state index contributed by atoms with van der Waals surface area (Å²) >= 11 is 0. The molecule has 0 spiro atoms. The van der Waals surface area contributed by atoms with Crippen LogP contribution in [0.4, 0.5) is 11.4 Å². The van der Waals surface area contributed by atoms with Crippen molar-refractivity contribution in [3.8, 4) is 34.4 Å². The zero-order chi connectivity index (χ0) is 27.1. The Kier molecular flexibility index (Phi) is 8.01. The topological polar surface area (TPSA) is 139 Å². The number of hydrogen-bond acceptors (Lipinski definition) is 9. The van der Waals surface area contributed by atoms with Crippen LogP contribution < -0.4 is 29.6 Å². The van der Waals surface area contributed by atoms with E-state index in [0.29, 0.717) is 45.5 Å². The van der Waals surface area contributed by atoms with Crippen LogP contribution in [0.5, 0.6) is 23.0 Å². The molecule has 0 atom stereocenters. The first-order chi connectivity index (χ1) is 18.4. The number of anilines is 2. The molecule has 0 fully saturated rings. The summed E-state index contributed by atoms with van der Waals surface area (Å²) in [6, 6.07) is 17.0. The van der Waals surface area contributed by atoms with Crippen LogP contribution in [-0.2, 0) is 11.3 Å². The van der Waals surface area contributed by atoms with E-state index in [-0.39, 0.29) is 18.3 Å². The number of nitrogens with zero attached hydrogens (tertiary/aromatic N) is 4. The number of benzene rings is 3. The fourth-order valence-corrected chi connectivity index (χ4v) is 3.62. The first-order valence-corrected chi connectivity index (χ1v) is 11.4. The number of carbonyl (C=O) groups is 2. The molecule has 0 bridgehead atoms. The summed E-state index contributed by atoms with van der Waals surface area (Å²) in [7, 11) is 6.00. The van der Waals surface area contributed by atoms with E-state index in [4.69, 9.17) is 18.9 Å². The molecule has 2 N–H and O–H groups in total. The maximum absolute atomic E-state index is 13.1. The average Bonchev–Trinajstić information content (AvgIpc) is 3.40. The highest BCUT2D eigenvalue weighted by molar-refractivity contribution is 6.06. The van der Waals surface area contributed by atoms with Gasteiger partial charge in [-0.15, -0.1) is 10.2 Å². The minimum Gasteiger partial charge on any atom is -0.497 e. The maximum atomic E-state index is 13.1. The summed E-state index contributed by atoms with van der Waals surface area (Å²) in [6.07, 6.45) is 0. The van der Waals surface area contributed by atoms with Crippen molar-refractivity contribution >= 4 is 23.2 Å². The van der Waals surface area contributed by atoms with E-state index < -0.39 is 5.91 Å². The highest BCUT2D eigenvalue weighted by Crippen LogP contribution is 2.38. The Balaban J connectivity index is 1.49. The van der Waals surface area contributed by atoms with Crippen molar-refractivity contribution in [1.29, 1.82) is 0 Å². The molecule has 0 aliphatic heterocycles. The van der Waals surface area contributed by atoms with Gasteiger partial charge in [0.05, 0.1) is 34.1 Å². The Bertz CT molecular complexity index is 1410. The number of rotatable bonds is 10. The van der Waals surface area contributed by atoms with E-state index in [0.717, 1.165) is 0 Å². The Hall–Kier alpha value is -5.13. The summed E-state index contributed by atoms with van der Waals surface area (Å²) in [5.74, 6) is 1.25. The predicted octanol–water partition coefficient (Wildman–Crippen LogP) is 3.27. The van der Waals surface area contributed by atoms with Crippen LogP contribution in [0.25, 0.3) is 11.4 Å². The number of nitrogens with one attached hydrogen (secondary N) is 2. The first kappa shape index (κ1) is 25.9. The molecule has 0 aliphatic rings. The standard InChI is InChI=1S/C26H26N6O6/c1-35-18-11-9-17(10-12-18)27-23(33)15-32-30-25(29-31-32)19-7-5-6-8-20(19)28-26(34)16-13-21(36-2)24(38-4)22(14-16)37-3/h5-14H,15H2,1-4H3,(H,27,33)(H,28,34). The van der Waals surface area contributed by atoms with Crippen LogP contribution in [-0.4, -0.2) is 60.5 Å². The largest absolute Gasteiger partial charge is 0.497 e. The molecule has 3 aromatic carbocycles. The third-order valence-electron chi connectivity index (χ3n) is 5.45. The number of aromatic nitrogens is 4. The van der Waals surface area contributed by atoms with Crippen LogP contribution in [0.1, 0.15) is 10.4 Å². The second kappa shape index (κ2) is 11.7. The molecule has 4 aromatic rings. The fraction of sp³-hybridized carbons (Fsp3) is 0.192. The molecule has 12 nitrogen and oxygen atoms in total. The number of carbonyl (C=O) groups excluding carboxylic acids is 2. The summed E-state index contributed by atoms with van der Waals surface area (Å²) in [5.41, 5.74) is 1.88. The van der Waals surface area contributed by atoms with Gasteiger partial charge in [0.15, 0.2) is 11.5 Å². The summed E-state index contributed by atoms with van der Waals surface area (Å²) in [6.45, 7) is -0.154. The summed E-state index contributed by atoms with van der Waals surface area (Å²) in [4.78, 5) is 26.7. The monoisotopic (exact) mass is 518 g/mol. The Morgan fingerprint density at radius 2 is 1.53 bits per heavy atom. The van der Waals surface area contributed by atoms with Crippen LogP contribution in [0, 0.1) is 0 Å². The fourth-order valence-electron chi connectivity index (χ4n) is 3.62. The lowest BCUT2D eigenvalue weighted by Gasteiger charge is -2.14. The minimum atomic E-state index is -0.414. The second-order valence-electron chi connectivity index (χ2n) is 7.83. The number of methoxy groups -OCH3 is 4. The summed E-state index contributed by atoms with van der Waals surface area (Å²) in [5, 5.41) is 18.0. The normalized spacial score (nSPS) is 10.4. The molecule has 0 radical (unpaired) electrons. The van der Waals surface area contributed by atoms with Crippen molar-refractivity contribution in [2.24, 2.45) is 0 Å². The van der Waals surface area contributed by atoms with Crippen molar-refractivity contribution in [3.05, 3.63) is 66.2 Å². The van der Waals surface area contributed by atoms with Gasteiger partial charge in [-0.25, -0.2) is 0 Å². The van der Waals surface area contributed by atoms with E-state index in [9.17, 15) is 9.59 Å². The molecular weight excluding hydrogens is 492 g/mol. The van der Waals surface area contributed by atoms with Gasteiger partial charge in [-0.1, -0.05) is 12.1 Å². The number of tetrazole rings is 1. The number of ether oxygens (including phenoxy) is 4. The van der Waals surface area contributed by atoms with Gasteiger partial charge in [-0.2, -0.15) is 4.80 Å². The molecule has 0 aliphatic carbocycles. The Morgan fingerprint density at radius 3 is 2.16 bits per heavy atom. The highest BCUT2D eigenvalue weighted by Gasteiger charge is 2.19. The van der Waals surface area contributed by atoms with Gasteiger partial charge in [-0.05, 0) is 53.7 Å². The van der Waals surface area contributed by atoms with E-state index in [2.05, 4.69) is 26.0 Å². The average molecular weight is 519 g/mol. The molecule has 1 heterocycles. The smallest absolute Gasteiger partial charge is 0.255 e. The van der Waals surface area contributed by atoms with Crippen molar-refractivity contribution in [1.82, 2.24) is 20.2 Å². The van der Waals surface area contributed by atoms with Crippen LogP contribution >= 0.6 is 0 Å². The molecular formula is C26H26N6O6. The molecule has 38 heavy (non-hydrogen) atoms. The number of amides is 2. The lowest BCUT2D eigenvalue weighted by Crippen LogP contribution is -2.20. The second-order valence-corrected chi connectivity index (χ2v) is 7.83. The van der Waals surface area contributed by atoms with Gasteiger partial charge < -0.3 is 29.6 Å². The SMILES string of the molecule is COc1ccc(NC(=O)Cn2nnc(-c3ccccc3NC(=O)c3cc(OC)c(OC)c(OC)c3)n2)cc1. The molecule has 12 heteroatoms. The van der Waals surface area contributed by atoms with Crippen LogP contribution in [0.3, 0.4) is 0 Å². The van der Waals surface area contributed by atoms with Gasteiger partial charge in [0, 0.05) is 16.8 Å². The molecule has 0 unspecified atom stereocenters. The zero-order valence-electron chi connectivity index (χ0n) is 21.2. The van der Waals surface area contributed by atoms with Crippen molar-refractivity contribution < 1.29 is 28.5 Å². The van der Waals surface area contributed by atoms with Crippen molar-refractivity contribution in [2.75, 3.05) is 39.1 Å². The van der Waals surface area contributed by atoms with E-state index in [1.54, 1.807) is 67.8 Å². The van der Waals surface area contributed by atoms with Crippen LogP contribution in [0.15, 0.2) is 60.7 Å². The highest BCUT2D eigenvalue weighted by atomic mass is 16.5. The van der Waals surface area contributed by atoms with Gasteiger partial charge in [-0.3, -0.25) is 9.59 Å². The van der Waals surface area contributed by atoms with Crippen molar-refractivity contribution in [3.63, 3.8) is 0 Å². The van der Waals surface area contributed by atoms with E-state index in [1.807, 2.05) is 0 Å². The van der Waals surface area contributed by atoms with E-state index in [1.165, 1.54) is 26.1 Å². The third-order valence-corrected chi connectivity index (χ3v) is 5.45. The maximum Gasteiger partial charge on any atom is 0.255 e. The lowest BCUT2D eigenvalue weighted by molar-refractivity contribution is -0.117. The zero-order valence-corrected chi connectivity index (χ0v) is 21.2. The minimum absolute atomic E-state index is 0.154. The Morgan fingerprint density at radius 1 is 0.842 bits per heavy atom. The van der Waals surface area contributed by atoms with Crippen LogP contribution in [0.2, 0.25) is 0 Å². The Labute approximate surface area is 218 Å². The first-order valence-electron chi connectivity index (χ1n) is 11.4. The molecule has 2 amide bonds. The van der Waals surface area contributed by atoms with Gasteiger partial charge in [0.1, 0.15) is 12.3 Å². The molecule has 0 saturated heterocycles. The lowest BCUT2D eigenvalue weighted by atomic mass is 10.1. The predicted molar refractivity (Wildman–Crippen MR) is 139 cm³/mol. The van der Waals surface area contributed by atoms with Gasteiger partial charge in [0.25, 0.3) is 5.91 Å². The quantitative estimate of drug-likeness (QED) is 0.324. The molecule has 196 valence electrons. The van der Waals surface area contributed by atoms with Gasteiger partial charge >= 0.3 is 0 Å². The van der Waals surface area contributed by atoms with E-state index >= 15 is 0 Å². The number of para-hydroxylation sites is 1. The molecule has 1 aromatic heterocycles. The molecule has 0 saturated carbocycles. The molecule has 4 rings (SSSR count). The summed E-state index contributed by atoms with van der Waals surface area (Å²) < 4.78 is 21.1.